The lowest BCUT2D eigenvalue weighted by Gasteiger charge is -2.18. The van der Waals surface area contributed by atoms with Crippen molar-refractivity contribution in [2.45, 2.75) is 6.18 Å². The summed E-state index contributed by atoms with van der Waals surface area (Å²) in [4.78, 5) is 21.0. The van der Waals surface area contributed by atoms with Crippen LogP contribution in [-0.2, 0) is 6.18 Å². The Balaban J connectivity index is 2.50. The van der Waals surface area contributed by atoms with Crippen LogP contribution >= 0.6 is 0 Å². The Labute approximate surface area is 163 Å². The van der Waals surface area contributed by atoms with Gasteiger partial charge < -0.3 is 25.0 Å². The van der Waals surface area contributed by atoms with Gasteiger partial charge in [0.05, 0.1) is 18.4 Å². The fourth-order valence-corrected chi connectivity index (χ4v) is 2.37. The van der Waals surface area contributed by atoms with Gasteiger partial charge in [-0.3, -0.25) is 4.79 Å². The number of hydrogen-bond acceptors (Lipinski definition) is 7. The van der Waals surface area contributed by atoms with Crippen LogP contribution < -0.4 is 20.1 Å². The fraction of sp³-hybridized carbons (Fsp3) is 0.353. The van der Waals surface area contributed by atoms with Crippen molar-refractivity contribution in [2.24, 2.45) is 0 Å². The Bertz CT molecular complexity index is 890. The Morgan fingerprint density at radius 1 is 1.24 bits per heavy atom. The van der Waals surface area contributed by atoms with Crippen molar-refractivity contribution < 1.29 is 31.8 Å². The molecule has 0 bridgehead atoms. The minimum atomic E-state index is -4.64. The largest absolute Gasteiger partial charge is 0.496 e. The second kappa shape index (κ2) is 8.80. The van der Waals surface area contributed by atoms with Gasteiger partial charge in [0.2, 0.25) is 12.8 Å². The Kier molecular flexibility index (Phi) is 6.67. The summed E-state index contributed by atoms with van der Waals surface area (Å²) in [7, 11) is 5.66. The number of amides is 1. The molecule has 0 radical (unpaired) electrons. The summed E-state index contributed by atoms with van der Waals surface area (Å²) in [5, 5.41) is 5.00. The molecule has 0 atom stereocenters. The maximum atomic E-state index is 13.0. The van der Waals surface area contributed by atoms with E-state index in [1.54, 1.807) is 0 Å². The van der Waals surface area contributed by atoms with Gasteiger partial charge in [0.1, 0.15) is 22.9 Å². The highest BCUT2D eigenvalue weighted by Gasteiger charge is 2.35. The van der Waals surface area contributed by atoms with Crippen LogP contribution in [0, 0.1) is 0 Å². The fourth-order valence-electron chi connectivity index (χ4n) is 2.37. The average Bonchev–Trinajstić information content (AvgIpc) is 2.67. The molecule has 158 valence electrons. The number of methoxy groups -OCH3 is 1. The number of hydrogen-bond donors (Lipinski definition) is 2. The first kappa shape index (κ1) is 22.0. The smallest absolute Gasteiger partial charge is 0.421 e. The molecule has 0 saturated heterocycles. The third-order valence-electron chi connectivity index (χ3n) is 3.73. The monoisotopic (exact) mass is 417 g/mol. The van der Waals surface area contributed by atoms with Crippen LogP contribution in [0.15, 0.2) is 18.3 Å². The van der Waals surface area contributed by atoms with E-state index in [9.17, 15) is 22.4 Å². The van der Waals surface area contributed by atoms with Gasteiger partial charge >= 0.3 is 6.18 Å². The van der Waals surface area contributed by atoms with Crippen molar-refractivity contribution in [3.63, 3.8) is 0 Å². The van der Waals surface area contributed by atoms with E-state index in [1.165, 1.54) is 45.3 Å². The Morgan fingerprint density at radius 3 is 2.45 bits per heavy atom. The van der Waals surface area contributed by atoms with Crippen LogP contribution in [0.5, 0.6) is 11.5 Å². The molecular weight excluding hydrogens is 398 g/mol. The minimum absolute atomic E-state index is 0.0759. The molecule has 2 N–H and O–H groups in total. The normalized spacial score (nSPS) is 11.0. The van der Waals surface area contributed by atoms with E-state index in [0.717, 1.165) is 0 Å². The zero-order valence-corrected chi connectivity index (χ0v) is 16.0. The van der Waals surface area contributed by atoms with Crippen molar-refractivity contribution >= 4 is 23.4 Å². The summed E-state index contributed by atoms with van der Waals surface area (Å²) in [6.45, 7) is -1.20. The first-order chi connectivity index (χ1) is 13.6. The molecule has 0 saturated carbocycles. The third kappa shape index (κ3) is 4.95. The molecule has 1 aromatic heterocycles. The summed E-state index contributed by atoms with van der Waals surface area (Å²) in [5.74, 6) is -1.01. The highest BCUT2D eigenvalue weighted by Crippen LogP contribution is 2.37. The molecule has 0 unspecified atom stereocenters. The van der Waals surface area contributed by atoms with Crippen molar-refractivity contribution in [3.8, 4) is 11.5 Å². The van der Waals surface area contributed by atoms with Gasteiger partial charge in [0.15, 0.2) is 0 Å². The lowest BCUT2D eigenvalue weighted by atomic mass is 10.1. The molecule has 0 aliphatic heterocycles. The molecule has 0 spiro atoms. The first-order valence-electron chi connectivity index (χ1n) is 8.13. The van der Waals surface area contributed by atoms with Crippen LogP contribution in [0.2, 0.25) is 0 Å². The second-order valence-corrected chi connectivity index (χ2v) is 5.83. The number of alkyl halides is 4. The maximum absolute atomic E-state index is 13.0. The summed E-state index contributed by atoms with van der Waals surface area (Å²) in [5.41, 5.74) is -0.845. The molecule has 29 heavy (non-hydrogen) atoms. The van der Waals surface area contributed by atoms with E-state index in [1.807, 2.05) is 0 Å². The zero-order chi connectivity index (χ0) is 21.8. The van der Waals surface area contributed by atoms with Crippen molar-refractivity contribution in [1.82, 2.24) is 14.9 Å². The van der Waals surface area contributed by atoms with Gasteiger partial charge in [-0.25, -0.2) is 9.37 Å². The number of aromatic nitrogens is 2. The van der Waals surface area contributed by atoms with Crippen LogP contribution in [-0.4, -0.2) is 55.9 Å². The lowest BCUT2D eigenvalue weighted by Crippen LogP contribution is -2.22. The zero-order valence-electron chi connectivity index (χ0n) is 16.0. The molecule has 1 amide bonds. The minimum Gasteiger partial charge on any atom is -0.496 e. The molecule has 0 aliphatic rings. The molecule has 1 heterocycles. The van der Waals surface area contributed by atoms with E-state index in [-0.39, 0.29) is 28.7 Å². The average molecular weight is 417 g/mol. The molecule has 0 aliphatic carbocycles. The number of nitrogens with zero attached hydrogens (tertiary/aromatic N) is 3. The first-order valence-corrected chi connectivity index (χ1v) is 8.13. The molecule has 0 fully saturated rings. The molecule has 2 aromatic rings. The number of carbonyl (C=O) groups is 1. The van der Waals surface area contributed by atoms with Gasteiger partial charge in [-0.05, 0) is 6.07 Å². The molecule has 12 heteroatoms. The molecule has 8 nitrogen and oxygen atoms in total. The number of carbonyl (C=O) groups excluding carboxylic acids is 1. The Morgan fingerprint density at radius 2 is 1.93 bits per heavy atom. The number of ether oxygens (including phenoxy) is 2. The van der Waals surface area contributed by atoms with Gasteiger partial charge in [-0.2, -0.15) is 18.2 Å². The van der Waals surface area contributed by atoms with Crippen molar-refractivity contribution in [2.75, 3.05) is 45.7 Å². The van der Waals surface area contributed by atoms with Crippen LogP contribution in [0.4, 0.5) is 35.0 Å². The predicted molar refractivity (Wildman–Crippen MR) is 97.5 cm³/mol. The Hall–Kier alpha value is -3.31. The van der Waals surface area contributed by atoms with E-state index in [0.29, 0.717) is 6.20 Å². The van der Waals surface area contributed by atoms with Gasteiger partial charge in [-0.1, -0.05) is 0 Å². The number of nitrogens with one attached hydrogen (secondary N) is 2. The van der Waals surface area contributed by atoms with Crippen molar-refractivity contribution in [1.29, 1.82) is 0 Å². The number of halogens is 4. The van der Waals surface area contributed by atoms with E-state index >= 15 is 0 Å². The predicted octanol–water partition coefficient (Wildman–Crippen LogP) is 3.30. The van der Waals surface area contributed by atoms with E-state index < -0.39 is 30.3 Å². The third-order valence-corrected chi connectivity index (χ3v) is 3.73. The number of benzene rings is 1. The second-order valence-electron chi connectivity index (χ2n) is 5.83. The van der Waals surface area contributed by atoms with Gasteiger partial charge in [0, 0.05) is 33.4 Å². The summed E-state index contributed by atoms with van der Waals surface area (Å²) in [6.07, 6.45) is -4.03. The highest BCUT2D eigenvalue weighted by atomic mass is 19.4. The van der Waals surface area contributed by atoms with Crippen molar-refractivity contribution in [3.05, 3.63) is 29.5 Å². The van der Waals surface area contributed by atoms with Gasteiger partial charge in [-0.15, -0.1) is 0 Å². The summed E-state index contributed by atoms with van der Waals surface area (Å²) < 4.78 is 61.9. The lowest BCUT2D eigenvalue weighted by molar-refractivity contribution is -0.137. The van der Waals surface area contributed by atoms with Crippen LogP contribution in [0.25, 0.3) is 0 Å². The topological polar surface area (TPSA) is 88.6 Å². The van der Waals surface area contributed by atoms with Crippen LogP contribution in [0.3, 0.4) is 0 Å². The number of anilines is 3. The molecule has 2 rings (SSSR count). The summed E-state index contributed by atoms with van der Waals surface area (Å²) in [6, 6.07) is 2.59. The number of rotatable bonds is 7. The highest BCUT2D eigenvalue weighted by molar-refractivity contribution is 5.98. The van der Waals surface area contributed by atoms with Crippen LogP contribution in [0.1, 0.15) is 15.9 Å². The molecule has 1 aromatic carbocycles. The van der Waals surface area contributed by atoms with E-state index in [2.05, 4.69) is 20.6 Å². The van der Waals surface area contributed by atoms with E-state index in [4.69, 9.17) is 9.47 Å². The van der Waals surface area contributed by atoms with Gasteiger partial charge in [0.25, 0.3) is 5.91 Å². The summed E-state index contributed by atoms with van der Waals surface area (Å²) >= 11 is 0. The SMILES string of the molecule is CNc1nc(Nc2cc(OC)c(C(=O)N(C)C)cc2OCF)ncc1C(F)(F)F. The molecular formula is C17H19F4N5O3. The standard InChI is InChI=1S/C17H19F4N5O3/c1-22-14-10(17(19,20)21)7-23-16(25-14)24-11-6-12(28-4)9(15(27)26(2)3)5-13(11)29-8-18/h5-7H,8H2,1-4H3,(H2,22,23,24,25). The maximum Gasteiger partial charge on any atom is 0.421 e. The quantitative estimate of drug-likeness (QED) is 0.669.